The molecule has 48 heavy (non-hydrogen) atoms. The minimum atomic E-state index is -2.49. The van der Waals surface area contributed by atoms with Gasteiger partial charge in [-0.15, -0.1) is 22.7 Å². The predicted molar refractivity (Wildman–Crippen MR) is 209 cm³/mol. The Morgan fingerprint density at radius 2 is 0.896 bits per heavy atom. The normalized spacial score (nSPS) is 14.0. The molecule has 0 aliphatic carbocycles. The van der Waals surface area contributed by atoms with Gasteiger partial charge in [-0.05, 0) is 70.8 Å². The molecule has 6 heteroatoms. The van der Waals surface area contributed by atoms with Gasteiger partial charge in [0.25, 0.3) is 0 Å². The molecule has 226 valence electrons. The number of benzene rings is 7. The van der Waals surface area contributed by atoms with E-state index in [1.54, 1.807) is 0 Å². The highest BCUT2D eigenvalue weighted by molar-refractivity contribution is 8.26. The van der Waals surface area contributed by atoms with E-state index in [-0.39, 0.29) is 0 Å². The van der Waals surface area contributed by atoms with Gasteiger partial charge in [0.2, 0.25) is 0 Å². The van der Waals surface area contributed by atoms with Crippen molar-refractivity contribution >= 4 is 96.8 Å². The summed E-state index contributed by atoms with van der Waals surface area (Å²) in [6.07, 6.45) is 0. The Hall–Kier alpha value is -4.77. The SMILES string of the molecule is S=P12c3ccc(-c4cccc5c4sc4ccccc45)cc3Oc3cccc(c31)Oc1cc(-c3cccc4c3sc3ccccc34)ccc12. The van der Waals surface area contributed by atoms with Crippen LogP contribution in [0, 0.1) is 0 Å². The molecule has 9 aromatic rings. The summed E-state index contributed by atoms with van der Waals surface area (Å²) in [5.41, 5.74) is 4.69. The van der Waals surface area contributed by atoms with Crippen LogP contribution in [0.25, 0.3) is 62.6 Å². The van der Waals surface area contributed by atoms with Crippen molar-refractivity contribution in [2.75, 3.05) is 0 Å². The first-order valence-corrected chi connectivity index (χ1v) is 20.3. The first-order valence-electron chi connectivity index (χ1n) is 15.8. The summed E-state index contributed by atoms with van der Waals surface area (Å²) in [7, 11) is 0. The maximum absolute atomic E-state index is 6.87. The summed E-state index contributed by atoms with van der Waals surface area (Å²) >= 11 is 10.6. The Morgan fingerprint density at radius 1 is 0.438 bits per heavy atom. The van der Waals surface area contributed by atoms with Gasteiger partial charge in [0.05, 0.1) is 11.3 Å². The van der Waals surface area contributed by atoms with E-state index in [4.69, 9.17) is 21.3 Å². The van der Waals surface area contributed by atoms with E-state index >= 15 is 0 Å². The van der Waals surface area contributed by atoms with E-state index in [1.807, 2.05) is 40.9 Å². The van der Waals surface area contributed by atoms with Crippen molar-refractivity contribution in [3.05, 3.63) is 140 Å². The van der Waals surface area contributed by atoms with Crippen LogP contribution in [0.2, 0.25) is 0 Å². The molecule has 2 nitrogen and oxygen atoms in total. The molecule has 0 radical (unpaired) electrons. The molecule has 0 amide bonds. The highest BCUT2D eigenvalue weighted by Gasteiger charge is 2.42. The molecule has 0 saturated heterocycles. The average molecular weight is 687 g/mol. The molecule has 0 N–H and O–H groups in total. The van der Waals surface area contributed by atoms with Crippen molar-refractivity contribution in [1.82, 2.24) is 0 Å². The van der Waals surface area contributed by atoms with Crippen molar-refractivity contribution in [2.45, 2.75) is 0 Å². The maximum atomic E-state index is 6.87. The molecule has 0 saturated carbocycles. The van der Waals surface area contributed by atoms with Gasteiger partial charge in [-0.25, -0.2) is 0 Å². The minimum Gasteiger partial charge on any atom is -0.456 e. The fraction of sp³-hybridized carbons (Fsp3) is 0. The zero-order valence-corrected chi connectivity index (χ0v) is 28.6. The Labute approximate surface area is 289 Å². The third-order valence-corrected chi connectivity index (χ3v) is 17.1. The van der Waals surface area contributed by atoms with Gasteiger partial charge in [-0.2, -0.15) is 0 Å². The van der Waals surface area contributed by atoms with Gasteiger partial charge >= 0.3 is 0 Å². The molecule has 2 aliphatic heterocycles. The number of rotatable bonds is 2. The topological polar surface area (TPSA) is 18.5 Å². The quantitative estimate of drug-likeness (QED) is 0.169. The number of fused-ring (bicyclic) bond motifs is 10. The molecular weight excluding hydrogens is 664 g/mol. The molecular formula is C42H23O2PS3. The lowest BCUT2D eigenvalue weighted by Gasteiger charge is -2.37. The zero-order valence-electron chi connectivity index (χ0n) is 25.3. The maximum Gasteiger partial charge on any atom is 0.140 e. The van der Waals surface area contributed by atoms with Crippen molar-refractivity contribution in [3.63, 3.8) is 0 Å². The van der Waals surface area contributed by atoms with E-state index in [9.17, 15) is 0 Å². The van der Waals surface area contributed by atoms with Crippen LogP contribution >= 0.6 is 28.7 Å². The molecule has 4 heterocycles. The van der Waals surface area contributed by atoms with Crippen LogP contribution in [0.5, 0.6) is 23.0 Å². The molecule has 0 spiro atoms. The zero-order chi connectivity index (χ0) is 31.6. The molecule has 0 atom stereocenters. The second kappa shape index (κ2) is 9.88. The van der Waals surface area contributed by atoms with Crippen molar-refractivity contribution in [1.29, 1.82) is 0 Å². The summed E-state index contributed by atoms with van der Waals surface area (Å²) in [6.45, 7) is 0. The summed E-state index contributed by atoms with van der Waals surface area (Å²) in [5, 5.41) is 8.34. The lowest BCUT2D eigenvalue weighted by molar-refractivity contribution is 0.466. The van der Waals surface area contributed by atoms with Crippen molar-refractivity contribution < 1.29 is 9.47 Å². The minimum absolute atomic E-state index is 0.797. The molecule has 0 fully saturated rings. The molecule has 7 aromatic carbocycles. The van der Waals surface area contributed by atoms with Gasteiger partial charge in [-0.1, -0.05) is 103 Å². The van der Waals surface area contributed by atoms with E-state index in [0.717, 1.165) is 50.0 Å². The lowest BCUT2D eigenvalue weighted by atomic mass is 10.0. The van der Waals surface area contributed by atoms with Crippen LogP contribution in [0.3, 0.4) is 0 Å². The number of hydrogen-bond donors (Lipinski definition) is 0. The Balaban J connectivity index is 1.09. The fourth-order valence-corrected chi connectivity index (χ4v) is 14.5. The third kappa shape index (κ3) is 3.65. The summed E-state index contributed by atoms with van der Waals surface area (Å²) in [5.74, 6) is 3.27. The summed E-state index contributed by atoms with van der Waals surface area (Å²) in [6, 6.07) is 47.4. The molecule has 0 unspecified atom stereocenters. The highest BCUT2D eigenvalue weighted by atomic mass is 32.4. The largest absolute Gasteiger partial charge is 0.456 e. The second-order valence-electron chi connectivity index (χ2n) is 12.3. The average Bonchev–Trinajstić information content (AvgIpc) is 3.70. The molecule has 2 aromatic heterocycles. The van der Waals surface area contributed by atoms with E-state index in [0.29, 0.717) is 0 Å². The standard InChI is InChI=1S/C42H23O2PS3/c46-45-36-20-18-24(26-10-5-12-30-28-8-1-3-16-38(28)47-41(26)30)22-34(36)43-32-14-7-15-33(40(32)45)44-35-23-25(19-21-37(35)45)27-11-6-13-31-29-9-2-4-17-39(29)48-42(27)31/h1-23H. The number of hydrogen-bond acceptors (Lipinski definition) is 5. The molecule has 11 rings (SSSR count). The van der Waals surface area contributed by atoms with E-state index < -0.39 is 6.04 Å². The second-order valence-corrected chi connectivity index (χ2v) is 18.7. The molecule has 0 bridgehead atoms. The smallest absolute Gasteiger partial charge is 0.140 e. The highest BCUT2D eigenvalue weighted by Crippen LogP contribution is 2.59. The van der Waals surface area contributed by atoms with Crippen molar-refractivity contribution in [3.8, 4) is 45.3 Å². The van der Waals surface area contributed by atoms with Gasteiger partial charge < -0.3 is 9.47 Å². The van der Waals surface area contributed by atoms with Crippen LogP contribution in [-0.4, -0.2) is 0 Å². The van der Waals surface area contributed by atoms with Gasteiger partial charge in [0.15, 0.2) is 0 Å². The lowest BCUT2D eigenvalue weighted by Crippen LogP contribution is -2.34. The molecule has 2 aliphatic rings. The summed E-state index contributed by atoms with van der Waals surface area (Å²) in [4.78, 5) is 0. The van der Waals surface area contributed by atoms with Crippen LogP contribution in [0.15, 0.2) is 140 Å². The number of thiophene rings is 2. The Morgan fingerprint density at radius 3 is 1.42 bits per heavy atom. The Bertz CT molecular complexity index is 2710. The van der Waals surface area contributed by atoms with Gasteiger partial charge in [0.1, 0.15) is 23.0 Å². The first kappa shape index (κ1) is 27.2. The van der Waals surface area contributed by atoms with Crippen molar-refractivity contribution in [2.24, 2.45) is 0 Å². The Kier molecular flexibility index (Phi) is 5.60. The summed E-state index contributed by atoms with van der Waals surface area (Å²) < 4.78 is 18.6. The van der Waals surface area contributed by atoms with Crippen LogP contribution in [0.4, 0.5) is 0 Å². The van der Waals surface area contributed by atoms with E-state index in [2.05, 4.69) is 121 Å². The van der Waals surface area contributed by atoms with E-state index in [1.165, 1.54) is 51.5 Å². The van der Waals surface area contributed by atoms with Gasteiger partial charge in [0, 0.05) is 51.0 Å². The van der Waals surface area contributed by atoms with Crippen LogP contribution in [0.1, 0.15) is 0 Å². The van der Waals surface area contributed by atoms with Gasteiger partial charge in [-0.3, -0.25) is 0 Å². The number of ether oxygens (including phenoxy) is 2. The monoisotopic (exact) mass is 686 g/mol. The van der Waals surface area contributed by atoms with Crippen LogP contribution < -0.4 is 25.4 Å². The fourth-order valence-electron chi connectivity index (χ4n) is 7.58. The predicted octanol–water partition coefficient (Wildman–Crippen LogP) is 11.7. The third-order valence-electron chi connectivity index (χ3n) is 9.75. The first-order chi connectivity index (χ1) is 23.6. The van der Waals surface area contributed by atoms with Crippen LogP contribution in [-0.2, 0) is 11.8 Å².